The summed E-state index contributed by atoms with van der Waals surface area (Å²) in [7, 11) is 5.70. The fourth-order valence-electron chi connectivity index (χ4n) is 2.42. The number of aromatic nitrogens is 2. The number of methoxy groups -OCH3 is 1. The van der Waals surface area contributed by atoms with Crippen LogP contribution in [0.3, 0.4) is 0 Å². The molecule has 6 heteroatoms. The van der Waals surface area contributed by atoms with Crippen molar-refractivity contribution in [3.8, 4) is 0 Å². The topological polar surface area (TPSA) is 62.3 Å². The van der Waals surface area contributed by atoms with E-state index in [0.29, 0.717) is 12.4 Å². The highest BCUT2D eigenvalue weighted by Gasteiger charge is 2.16. The number of nitrogens with one attached hydrogen (secondary N) is 2. The molecule has 0 spiro atoms. The average Bonchev–Trinajstić information content (AvgIpc) is 2.47. The molecular weight excluding hydrogens is 254 g/mol. The number of anilines is 2. The normalized spacial score (nSPS) is 17.1. The monoisotopic (exact) mass is 279 g/mol. The number of ether oxygens (including phenoxy) is 1. The van der Waals surface area contributed by atoms with Gasteiger partial charge in [-0.05, 0) is 38.9 Å². The van der Waals surface area contributed by atoms with Gasteiger partial charge in [0.25, 0.3) is 0 Å². The first-order valence-electron chi connectivity index (χ1n) is 7.18. The number of rotatable bonds is 6. The van der Waals surface area contributed by atoms with E-state index in [-0.39, 0.29) is 0 Å². The summed E-state index contributed by atoms with van der Waals surface area (Å²) in [6.45, 7) is 3.78. The van der Waals surface area contributed by atoms with E-state index >= 15 is 0 Å². The molecule has 0 aromatic carbocycles. The zero-order valence-corrected chi connectivity index (χ0v) is 12.6. The molecule has 1 saturated heterocycles. The van der Waals surface area contributed by atoms with Crippen molar-refractivity contribution in [2.45, 2.75) is 19.4 Å². The Balaban J connectivity index is 1.92. The Morgan fingerprint density at radius 3 is 2.65 bits per heavy atom. The number of likely N-dealkylation sites (tertiary alicyclic amines) is 1. The molecule has 20 heavy (non-hydrogen) atoms. The second kappa shape index (κ2) is 7.40. The zero-order chi connectivity index (χ0) is 14.4. The standard InChI is InChI=1S/C14H25N5O/c1-15-12-8-13(18-14(17-12)10-20-3)16-9-11-4-6-19(2)7-5-11/h8,11H,4-7,9-10H2,1-3H3,(H2,15,16,17,18). The molecule has 0 unspecified atom stereocenters. The molecule has 1 aromatic rings. The molecule has 2 N–H and O–H groups in total. The maximum absolute atomic E-state index is 5.10. The third kappa shape index (κ3) is 4.31. The van der Waals surface area contributed by atoms with Crippen molar-refractivity contribution in [3.63, 3.8) is 0 Å². The average molecular weight is 279 g/mol. The van der Waals surface area contributed by atoms with Gasteiger partial charge in [0.2, 0.25) is 0 Å². The fraction of sp³-hybridized carbons (Fsp3) is 0.714. The van der Waals surface area contributed by atoms with Crippen LogP contribution in [-0.2, 0) is 11.3 Å². The summed E-state index contributed by atoms with van der Waals surface area (Å²) in [6.07, 6.45) is 2.50. The molecule has 0 bridgehead atoms. The first-order chi connectivity index (χ1) is 9.71. The van der Waals surface area contributed by atoms with Gasteiger partial charge in [-0.15, -0.1) is 0 Å². The summed E-state index contributed by atoms with van der Waals surface area (Å²) in [4.78, 5) is 11.2. The molecule has 2 rings (SSSR count). The number of nitrogens with zero attached hydrogens (tertiary/aromatic N) is 3. The molecule has 112 valence electrons. The van der Waals surface area contributed by atoms with E-state index < -0.39 is 0 Å². The first-order valence-corrected chi connectivity index (χ1v) is 7.18. The van der Waals surface area contributed by atoms with Crippen molar-refractivity contribution in [2.75, 3.05) is 51.5 Å². The largest absolute Gasteiger partial charge is 0.377 e. The molecule has 0 radical (unpaired) electrons. The lowest BCUT2D eigenvalue weighted by atomic mass is 9.97. The van der Waals surface area contributed by atoms with Gasteiger partial charge in [0.05, 0.1) is 0 Å². The van der Waals surface area contributed by atoms with Crippen LogP contribution < -0.4 is 10.6 Å². The first kappa shape index (κ1) is 15.0. The predicted molar refractivity (Wildman–Crippen MR) is 81.0 cm³/mol. The van der Waals surface area contributed by atoms with Gasteiger partial charge in [-0.25, -0.2) is 9.97 Å². The summed E-state index contributed by atoms with van der Waals surface area (Å²) in [6, 6.07) is 1.94. The van der Waals surface area contributed by atoms with Crippen LogP contribution in [0.15, 0.2) is 6.07 Å². The Kier molecular flexibility index (Phi) is 5.55. The van der Waals surface area contributed by atoms with Gasteiger partial charge in [-0.1, -0.05) is 0 Å². The highest BCUT2D eigenvalue weighted by atomic mass is 16.5. The van der Waals surface area contributed by atoms with Crippen LogP contribution in [0, 0.1) is 5.92 Å². The van der Waals surface area contributed by atoms with Gasteiger partial charge in [-0.3, -0.25) is 0 Å². The lowest BCUT2D eigenvalue weighted by molar-refractivity contribution is 0.178. The van der Waals surface area contributed by atoms with E-state index in [1.54, 1.807) is 7.11 Å². The third-order valence-electron chi connectivity index (χ3n) is 3.71. The maximum atomic E-state index is 5.10. The quantitative estimate of drug-likeness (QED) is 0.821. The summed E-state index contributed by atoms with van der Waals surface area (Å²) < 4.78 is 5.10. The van der Waals surface area contributed by atoms with Crippen LogP contribution in [-0.4, -0.2) is 55.7 Å². The second-order valence-corrected chi connectivity index (χ2v) is 5.37. The molecule has 6 nitrogen and oxygen atoms in total. The molecule has 0 saturated carbocycles. The summed E-state index contributed by atoms with van der Waals surface area (Å²) in [5.74, 6) is 3.11. The zero-order valence-electron chi connectivity index (χ0n) is 12.6. The molecule has 1 aromatic heterocycles. The number of hydrogen-bond acceptors (Lipinski definition) is 6. The minimum absolute atomic E-state index is 0.429. The van der Waals surface area contributed by atoms with E-state index in [1.807, 2.05) is 13.1 Å². The van der Waals surface area contributed by atoms with Crippen LogP contribution >= 0.6 is 0 Å². The van der Waals surface area contributed by atoms with Crippen LogP contribution in [0.4, 0.5) is 11.6 Å². The van der Waals surface area contributed by atoms with Crippen molar-refractivity contribution >= 4 is 11.6 Å². The summed E-state index contributed by atoms with van der Waals surface area (Å²) in [5.41, 5.74) is 0. The summed E-state index contributed by atoms with van der Waals surface area (Å²) >= 11 is 0. The van der Waals surface area contributed by atoms with E-state index in [4.69, 9.17) is 4.74 Å². The van der Waals surface area contributed by atoms with E-state index in [0.717, 1.165) is 24.1 Å². The Labute approximate surface area is 120 Å². The number of hydrogen-bond donors (Lipinski definition) is 2. The molecule has 0 aliphatic carbocycles. The minimum atomic E-state index is 0.429. The Morgan fingerprint density at radius 2 is 2.00 bits per heavy atom. The van der Waals surface area contributed by atoms with Gasteiger partial charge in [0, 0.05) is 26.8 Å². The molecule has 1 fully saturated rings. The molecule has 0 amide bonds. The van der Waals surface area contributed by atoms with Crippen molar-refractivity contribution in [2.24, 2.45) is 5.92 Å². The minimum Gasteiger partial charge on any atom is -0.377 e. The van der Waals surface area contributed by atoms with Gasteiger partial charge in [0.15, 0.2) is 5.82 Å². The van der Waals surface area contributed by atoms with Crippen LogP contribution in [0.1, 0.15) is 18.7 Å². The van der Waals surface area contributed by atoms with Gasteiger partial charge in [-0.2, -0.15) is 0 Å². The molecule has 1 aliphatic heterocycles. The van der Waals surface area contributed by atoms with Gasteiger partial charge in [0.1, 0.15) is 18.2 Å². The van der Waals surface area contributed by atoms with Crippen molar-refractivity contribution in [1.82, 2.24) is 14.9 Å². The Bertz CT molecular complexity index is 418. The lowest BCUT2D eigenvalue weighted by Crippen LogP contribution is -2.33. The smallest absolute Gasteiger partial charge is 0.158 e. The predicted octanol–water partition coefficient (Wildman–Crippen LogP) is 1.42. The lowest BCUT2D eigenvalue weighted by Gasteiger charge is -2.29. The molecule has 0 atom stereocenters. The highest BCUT2D eigenvalue weighted by molar-refractivity contribution is 5.47. The third-order valence-corrected chi connectivity index (χ3v) is 3.71. The van der Waals surface area contributed by atoms with Gasteiger partial charge < -0.3 is 20.3 Å². The van der Waals surface area contributed by atoms with Crippen LogP contribution in [0.2, 0.25) is 0 Å². The van der Waals surface area contributed by atoms with E-state index in [1.165, 1.54) is 25.9 Å². The Morgan fingerprint density at radius 1 is 1.30 bits per heavy atom. The highest BCUT2D eigenvalue weighted by Crippen LogP contribution is 2.17. The van der Waals surface area contributed by atoms with E-state index in [2.05, 4.69) is 32.5 Å². The maximum Gasteiger partial charge on any atom is 0.158 e. The second-order valence-electron chi connectivity index (χ2n) is 5.37. The van der Waals surface area contributed by atoms with E-state index in [9.17, 15) is 0 Å². The fourth-order valence-corrected chi connectivity index (χ4v) is 2.42. The molecule has 2 heterocycles. The van der Waals surface area contributed by atoms with Crippen molar-refractivity contribution < 1.29 is 4.74 Å². The Hall–Kier alpha value is -1.40. The number of piperidine rings is 1. The van der Waals surface area contributed by atoms with Crippen molar-refractivity contribution in [1.29, 1.82) is 0 Å². The van der Waals surface area contributed by atoms with Crippen molar-refractivity contribution in [3.05, 3.63) is 11.9 Å². The summed E-state index contributed by atoms with van der Waals surface area (Å²) in [5, 5.41) is 6.49. The van der Waals surface area contributed by atoms with Crippen LogP contribution in [0.5, 0.6) is 0 Å². The molecular formula is C14H25N5O. The van der Waals surface area contributed by atoms with Crippen LogP contribution in [0.25, 0.3) is 0 Å². The van der Waals surface area contributed by atoms with Gasteiger partial charge >= 0.3 is 0 Å². The SMILES string of the molecule is CNc1cc(NCC2CCN(C)CC2)nc(COC)n1. The molecule has 1 aliphatic rings.